The zero-order valence-electron chi connectivity index (χ0n) is 16.7. The van der Waals surface area contributed by atoms with Gasteiger partial charge >= 0.3 is 0 Å². The summed E-state index contributed by atoms with van der Waals surface area (Å²) in [5, 5.41) is 16.0. The van der Waals surface area contributed by atoms with E-state index in [1.54, 1.807) is 11.8 Å². The van der Waals surface area contributed by atoms with Crippen LogP contribution in [0.25, 0.3) is 16.9 Å². The van der Waals surface area contributed by atoms with Crippen LogP contribution in [-0.2, 0) is 5.75 Å². The summed E-state index contributed by atoms with van der Waals surface area (Å²) in [4.78, 5) is 4.88. The molecular formula is C24H22N6S. The van der Waals surface area contributed by atoms with Crippen LogP contribution in [0.1, 0.15) is 16.7 Å². The van der Waals surface area contributed by atoms with E-state index in [1.165, 1.54) is 5.56 Å². The number of imidazole rings is 1. The standard InChI is InChI=1S/C24H22N6S/c25-22(26)18-8-6-17(7-9-18)21-14-30(20-12-10-19(11-13-20)23(27)28)24(29-21)31-15-16-4-2-1-3-5-16/h1-14H,15H2,(H3,25,26)(H3,27,28). The number of amidine groups is 2. The summed E-state index contributed by atoms with van der Waals surface area (Å²) >= 11 is 1.66. The van der Waals surface area contributed by atoms with E-state index in [9.17, 15) is 0 Å². The van der Waals surface area contributed by atoms with Crippen LogP contribution in [-0.4, -0.2) is 21.2 Å². The number of hydrogen-bond acceptors (Lipinski definition) is 4. The van der Waals surface area contributed by atoms with Crippen molar-refractivity contribution in [3.8, 4) is 16.9 Å². The third-order valence-electron chi connectivity index (χ3n) is 4.83. The maximum absolute atomic E-state index is 7.61. The molecule has 1 heterocycles. The lowest BCUT2D eigenvalue weighted by atomic mass is 10.1. The van der Waals surface area contributed by atoms with Crippen LogP contribution < -0.4 is 11.5 Å². The molecule has 6 N–H and O–H groups in total. The lowest BCUT2D eigenvalue weighted by molar-refractivity contribution is 0.895. The summed E-state index contributed by atoms with van der Waals surface area (Å²) in [7, 11) is 0. The Balaban J connectivity index is 1.70. The van der Waals surface area contributed by atoms with E-state index in [-0.39, 0.29) is 11.7 Å². The molecule has 0 aliphatic heterocycles. The van der Waals surface area contributed by atoms with E-state index < -0.39 is 0 Å². The SMILES string of the molecule is N=C(N)c1ccc(-c2cn(-c3ccc(C(=N)N)cc3)c(SCc3ccccc3)n2)cc1. The first-order chi connectivity index (χ1) is 15.0. The van der Waals surface area contributed by atoms with Gasteiger partial charge in [0.15, 0.2) is 5.16 Å². The Morgan fingerprint density at radius 3 is 1.97 bits per heavy atom. The molecule has 0 spiro atoms. The fraction of sp³-hybridized carbons (Fsp3) is 0.0417. The maximum Gasteiger partial charge on any atom is 0.173 e. The number of thioether (sulfide) groups is 1. The molecule has 0 aliphatic rings. The lowest BCUT2D eigenvalue weighted by Crippen LogP contribution is -2.10. The third kappa shape index (κ3) is 4.67. The van der Waals surface area contributed by atoms with E-state index in [1.807, 2.05) is 77.5 Å². The van der Waals surface area contributed by atoms with Gasteiger partial charge in [-0.15, -0.1) is 0 Å². The number of aromatic nitrogens is 2. The van der Waals surface area contributed by atoms with Gasteiger partial charge in [-0.05, 0) is 29.8 Å². The molecule has 0 amide bonds. The zero-order valence-corrected chi connectivity index (χ0v) is 17.6. The minimum atomic E-state index is 0.0433. The van der Waals surface area contributed by atoms with Crippen molar-refractivity contribution < 1.29 is 0 Å². The first kappa shape index (κ1) is 20.4. The Hall–Kier alpha value is -3.84. The van der Waals surface area contributed by atoms with E-state index in [0.717, 1.165) is 27.9 Å². The Morgan fingerprint density at radius 1 is 0.806 bits per heavy atom. The number of nitrogens with one attached hydrogen (secondary N) is 2. The van der Waals surface area contributed by atoms with Gasteiger partial charge < -0.3 is 11.5 Å². The predicted molar refractivity (Wildman–Crippen MR) is 127 cm³/mol. The summed E-state index contributed by atoms with van der Waals surface area (Å²) in [6.07, 6.45) is 2.00. The molecule has 0 bridgehead atoms. The van der Waals surface area contributed by atoms with Crippen LogP contribution in [0.5, 0.6) is 0 Å². The molecule has 0 radical (unpaired) electrons. The molecule has 6 nitrogen and oxygen atoms in total. The molecular weight excluding hydrogens is 404 g/mol. The van der Waals surface area contributed by atoms with Crippen molar-refractivity contribution in [2.75, 3.05) is 0 Å². The largest absolute Gasteiger partial charge is 0.384 e. The topological polar surface area (TPSA) is 118 Å². The first-order valence-corrected chi connectivity index (χ1v) is 10.7. The number of benzene rings is 3. The van der Waals surface area contributed by atoms with Crippen molar-refractivity contribution in [3.05, 3.63) is 102 Å². The maximum atomic E-state index is 7.61. The van der Waals surface area contributed by atoms with Crippen molar-refractivity contribution >= 4 is 23.4 Å². The van der Waals surface area contributed by atoms with Crippen molar-refractivity contribution in [1.29, 1.82) is 10.8 Å². The summed E-state index contributed by atoms with van der Waals surface area (Å²) < 4.78 is 2.05. The Morgan fingerprint density at radius 2 is 1.39 bits per heavy atom. The number of hydrogen-bond donors (Lipinski definition) is 4. The molecule has 4 rings (SSSR count). The van der Waals surface area contributed by atoms with Gasteiger partial charge in [0, 0.05) is 34.3 Å². The third-order valence-corrected chi connectivity index (χ3v) is 5.86. The highest BCUT2D eigenvalue weighted by Gasteiger charge is 2.13. The van der Waals surface area contributed by atoms with E-state index in [4.69, 9.17) is 27.3 Å². The average Bonchev–Trinajstić information content (AvgIpc) is 3.23. The van der Waals surface area contributed by atoms with Crippen LogP contribution in [0.15, 0.2) is 90.2 Å². The Kier molecular flexibility index (Phi) is 5.86. The van der Waals surface area contributed by atoms with Gasteiger partial charge in [-0.2, -0.15) is 0 Å². The Labute approximate surface area is 185 Å². The molecule has 7 heteroatoms. The van der Waals surface area contributed by atoms with Crippen molar-refractivity contribution in [3.63, 3.8) is 0 Å². The van der Waals surface area contributed by atoms with Crippen molar-refractivity contribution in [2.24, 2.45) is 11.5 Å². The van der Waals surface area contributed by atoms with Gasteiger partial charge in [0.2, 0.25) is 0 Å². The van der Waals surface area contributed by atoms with Crippen LogP contribution >= 0.6 is 11.8 Å². The fourth-order valence-corrected chi connectivity index (χ4v) is 4.08. The smallest absolute Gasteiger partial charge is 0.173 e. The first-order valence-electron chi connectivity index (χ1n) is 9.67. The molecule has 0 unspecified atom stereocenters. The molecule has 154 valence electrons. The minimum Gasteiger partial charge on any atom is -0.384 e. The monoisotopic (exact) mass is 426 g/mol. The quantitative estimate of drug-likeness (QED) is 0.199. The summed E-state index contributed by atoms with van der Waals surface area (Å²) in [6, 6.07) is 25.3. The van der Waals surface area contributed by atoms with Crippen LogP contribution in [0.3, 0.4) is 0 Å². The molecule has 4 aromatic rings. The van der Waals surface area contributed by atoms with Gasteiger partial charge in [0.1, 0.15) is 11.7 Å². The molecule has 0 aliphatic carbocycles. The van der Waals surface area contributed by atoms with E-state index in [2.05, 4.69) is 12.1 Å². The second-order valence-electron chi connectivity index (χ2n) is 7.00. The second-order valence-corrected chi connectivity index (χ2v) is 7.95. The van der Waals surface area contributed by atoms with Gasteiger partial charge in [0.25, 0.3) is 0 Å². The molecule has 31 heavy (non-hydrogen) atoms. The number of nitrogens with zero attached hydrogens (tertiary/aromatic N) is 2. The average molecular weight is 427 g/mol. The normalized spacial score (nSPS) is 10.7. The minimum absolute atomic E-state index is 0.0433. The van der Waals surface area contributed by atoms with E-state index >= 15 is 0 Å². The number of nitrogen functional groups attached to an aromatic ring is 2. The number of rotatable bonds is 7. The summed E-state index contributed by atoms with van der Waals surface area (Å²) in [6.45, 7) is 0. The lowest BCUT2D eigenvalue weighted by Gasteiger charge is -2.08. The van der Waals surface area contributed by atoms with Crippen molar-refractivity contribution in [1.82, 2.24) is 9.55 Å². The molecule has 0 saturated carbocycles. The second kappa shape index (κ2) is 8.89. The van der Waals surface area contributed by atoms with Crippen LogP contribution in [0.4, 0.5) is 0 Å². The molecule has 0 atom stereocenters. The highest BCUT2D eigenvalue weighted by Crippen LogP contribution is 2.29. The van der Waals surface area contributed by atoms with Gasteiger partial charge in [-0.3, -0.25) is 15.4 Å². The highest BCUT2D eigenvalue weighted by molar-refractivity contribution is 7.98. The molecule has 0 saturated heterocycles. The number of nitrogens with two attached hydrogens (primary N) is 2. The molecule has 3 aromatic carbocycles. The molecule has 0 fully saturated rings. The fourth-order valence-electron chi connectivity index (χ4n) is 3.13. The predicted octanol–water partition coefficient (Wildman–Crippen LogP) is 4.40. The Bertz CT molecular complexity index is 1210. The van der Waals surface area contributed by atoms with Gasteiger partial charge in [0.05, 0.1) is 5.69 Å². The van der Waals surface area contributed by atoms with E-state index in [0.29, 0.717) is 11.1 Å². The molecule has 1 aromatic heterocycles. The zero-order chi connectivity index (χ0) is 21.8. The van der Waals surface area contributed by atoms with Gasteiger partial charge in [-0.25, -0.2) is 4.98 Å². The van der Waals surface area contributed by atoms with Crippen LogP contribution in [0.2, 0.25) is 0 Å². The highest BCUT2D eigenvalue weighted by atomic mass is 32.2. The van der Waals surface area contributed by atoms with Crippen LogP contribution in [0, 0.1) is 10.8 Å². The summed E-state index contributed by atoms with van der Waals surface area (Å²) in [5.74, 6) is 0.885. The van der Waals surface area contributed by atoms with Gasteiger partial charge in [-0.1, -0.05) is 66.4 Å². The summed E-state index contributed by atoms with van der Waals surface area (Å²) in [5.41, 5.74) is 16.5. The van der Waals surface area contributed by atoms with Crippen molar-refractivity contribution in [2.45, 2.75) is 10.9 Å².